The van der Waals surface area contributed by atoms with Crippen LogP contribution in [-0.2, 0) is 12.0 Å². The van der Waals surface area contributed by atoms with Gasteiger partial charge in [-0.15, -0.1) is 0 Å². The second kappa shape index (κ2) is 15.0. The Bertz CT molecular complexity index is 1310. The molecule has 41 heavy (non-hydrogen) atoms. The van der Waals surface area contributed by atoms with Crippen molar-refractivity contribution in [1.82, 2.24) is 15.2 Å². The number of nitrogens with one attached hydrogen (secondary N) is 1. The number of rotatable bonds is 12. The van der Waals surface area contributed by atoms with Crippen molar-refractivity contribution in [3.63, 3.8) is 0 Å². The highest BCUT2D eigenvalue weighted by Crippen LogP contribution is 2.41. The standard InChI is InChI=1S/C34H41N5O2/c1-3-4-6-18-32(38-26-35)39(24-28-15-11-12-23-36-28)29-19-21-34(22-20-29,27-13-7-5-8-14-27)25-37-33(40)30-16-9-10-17-31(30)41-2/h5,7-17,23,29H,3-4,6,18-22,24-25H2,1-2H3,(H,37,40). The normalized spacial score (nSPS) is 18.8. The maximum atomic E-state index is 13.3. The van der Waals surface area contributed by atoms with E-state index < -0.39 is 0 Å². The van der Waals surface area contributed by atoms with Crippen LogP contribution >= 0.6 is 0 Å². The van der Waals surface area contributed by atoms with Crippen LogP contribution < -0.4 is 10.1 Å². The monoisotopic (exact) mass is 551 g/mol. The Hall–Kier alpha value is -4.18. The van der Waals surface area contributed by atoms with E-state index in [4.69, 9.17) is 4.74 Å². The van der Waals surface area contributed by atoms with Crippen LogP contribution in [0.4, 0.5) is 0 Å². The molecule has 1 heterocycles. The Morgan fingerprint density at radius 3 is 2.49 bits per heavy atom. The number of amides is 1. The van der Waals surface area contributed by atoms with Gasteiger partial charge in [-0.1, -0.05) is 68.3 Å². The minimum absolute atomic E-state index is 0.129. The van der Waals surface area contributed by atoms with Crippen LogP contribution in [0, 0.1) is 11.5 Å². The molecule has 4 rings (SSSR count). The number of nitriles is 1. The molecule has 214 valence electrons. The molecule has 0 aliphatic heterocycles. The van der Waals surface area contributed by atoms with E-state index in [1.54, 1.807) is 13.2 Å². The summed E-state index contributed by atoms with van der Waals surface area (Å²) in [6.45, 7) is 3.35. The summed E-state index contributed by atoms with van der Waals surface area (Å²) in [5, 5.41) is 12.8. The van der Waals surface area contributed by atoms with Crippen molar-refractivity contribution >= 4 is 11.7 Å². The number of para-hydroxylation sites is 1. The Morgan fingerprint density at radius 2 is 1.80 bits per heavy atom. The van der Waals surface area contributed by atoms with Crippen molar-refractivity contribution < 1.29 is 9.53 Å². The second-order valence-corrected chi connectivity index (χ2v) is 10.8. The summed E-state index contributed by atoms with van der Waals surface area (Å²) in [5.41, 5.74) is 2.56. The van der Waals surface area contributed by atoms with Crippen molar-refractivity contribution in [2.24, 2.45) is 4.99 Å². The van der Waals surface area contributed by atoms with Gasteiger partial charge in [-0.25, -0.2) is 0 Å². The molecule has 1 amide bonds. The number of amidine groups is 1. The van der Waals surface area contributed by atoms with Crippen molar-refractivity contribution in [3.8, 4) is 11.9 Å². The first-order valence-electron chi connectivity index (χ1n) is 14.7. The SMILES string of the molecule is CCCCCC(=NC#N)N(Cc1ccccn1)C1CCC(CNC(=O)c2ccccc2OC)(c2ccccc2)CC1. The molecule has 0 unspecified atom stereocenters. The molecular weight excluding hydrogens is 510 g/mol. The van der Waals surface area contributed by atoms with Gasteiger partial charge in [0.15, 0.2) is 0 Å². The van der Waals surface area contributed by atoms with Gasteiger partial charge in [-0.3, -0.25) is 9.78 Å². The fraction of sp³-hybridized carbons (Fsp3) is 0.412. The van der Waals surface area contributed by atoms with E-state index >= 15 is 0 Å². The predicted molar refractivity (Wildman–Crippen MR) is 163 cm³/mol. The molecule has 3 aromatic rings. The fourth-order valence-corrected chi connectivity index (χ4v) is 5.95. The number of pyridine rings is 1. The third kappa shape index (κ3) is 7.73. The Balaban J connectivity index is 1.56. The van der Waals surface area contributed by atoms with Gasteiger partial charge in [-0.05, 0) is 61.9 Å². The first-order chi connectivity index (χ1) is 20.1. The molecule has 0 radical (unpaired) electrons. The first-order valence-corrected chi connectivity index (χ1v) is 14.7. The highest BCUT2D eigenvalue weighted by Gasteiger charge is 2.39. The summed E-state index contributed by atoms with van der Waals surface area (Å²) in [5.74, 6) is 1.30. The fourth-order valence-electron chi connectivity index (χ4n) is 5.95. The maximum Gasteiger partial charge on any atom is 0.255 e. The summed E-state index contributed by atoms with van der Waals surface area (Å²) in [6, 6.07) is 24.0. The Kier molecular flexibility index (Phi) is 10.9. The lowest BCUT2D eigenvalue weighted by Gasteiger charge is -2.45. The number of carbonyl (C=O) groups is 1. The van der Waals surface area contributed by atoms with E-state index in [2.05, 4.69) is 57.6 Å². The van der Waals surface area contributed by atoms with E-state index in [-0.39, 0.29) is 17.4 Å². The zero-order valence-corrected chi connectivity index (χ0v) is 24.3. The third-order valence-electron chi connectivity index (χ3n) is 8.25. The average molecular weight is 552 g/mol. The molecule has 1 fully saturated rings. The van der Waals surface area contributed by atoms with Gasteiger partial charge >= 0.3 is 0 Å². The molecule has 1 N–H and O–H groups in total. The molecule has 1 aliphatic rings. The van der Waals surface area contributed by atoms with Crippen LogP contribution in [0.15, 0.2) is 84.0 Å². The Labute approximate surface area is 244 Å². The van der Waals surface area contributed by atoms with Crippen LogP contribution in [0.25, 0.3) is 0 Å². The highest BCUT2D eigenvalue weighted by atomic mass is 16.5. The number of methoxy groups -OCH3 is 1. The van der Waals surface area contributed by atoms with E-state index in [0.717, 1.165) is 62.9 Å². The predicted octanol–water partition coefficient (Wildman–Crippen LogP) is 6.66. The molecule has 7 heteroatoms. The zero-order valence-electron chi connectivity index (χ0n) is 24.3. The van der Waals surface area contributed by atoms with Gasteiger partial charge < -0.3 is 15.0 Å². The van der Waals surface area contributed by atoms with Gasteiger partial charge in [0, 0.05) is 30.6 Å². The minimum Gasteiger partial charge on any atom is -0.496 e. The van der Waals surface area contributed by atoms with Crippen LogP contribution in [-0.4, -0.2) is 41.3 Å². The highest BCUT2D eigenvalue weighted by molar-refractivity contribution is 5.97. The van der Waals surface area contributed by atoms with Crippen LogP contribution in [0.5, 0.6) is 5.75 Å². The second-order valence-electron chi connectivity index (χ2n) is 10.8. The van der Waals surface area contributed by atoms with Crippen LogP contribution in [0.2, 0.25) is 0 Å². The lowest BCUT2D eigenvalue weighted by Crippen LogP contribution is -2.49. The molecule has 7 nitrogen and oxygen atoms in total. The van der Waals surface area contributed by atoms with Gasteiger partial charge in [0.1, 0.15) is 11.6 Å². The molecule has 0 bridgehead atoms. The van der Waals surface area contributed by atoms with Crippen molar-refractivity contribution in [2.75, 3.05) is 13.7 Å². The van der Waals surface area contributed by atoms with E-state index in [1.165, 1.54) is 5.56 Å². The Morgan fingerprint density at radius 1 is 1.07 bits per heavy atom. The number of aromatic nitrogens is 1. The lowest BCUT2D eigenvalue weighted by molar-refractivity contribution is 0.0925. The lowest BCUT2D eigenvalue weighted by atomic mass is 9.67. The van der Waals surface area contributed by atoms with E-state index in [0.29, 0.717) is 24.4 Å². The molecule has 2 aromatic carbocycles. The summed E-state index contributed by atoms with van der Waals surface area (Å²) >= 11 is 0. The number of hydrogen-bond acceptors (Lipinski definition) is 5. The molecule has 1 aliphatic carbocycles. The maximum absolute atomic E-state index is 13.3. The largest absolute Gasteiger partial charge is 0.496 e. The number of aliphatic imine (C=N–C) groups is 1. The van der Waals surface area contributed by atoms with Crippen molar-refractivity contribution in [2.45, 2.75) is 76.3 Å². The molecule has 0 spiro atoms. The first kappa shape index (κ1) is 29.8. The number of benzene rings is 2. The van der Waals surface area contributed by atoms with Crippen LogP contribution in [0.1, 0.15) is 79.9 Å². The molecule has 1 saturated carbocycles. The van der Waals surface area contributed by atoms with Crippen molar-refractivity contribution in [3.05, 3.63) is 95.8 Å². The summed E-state index contributed by atoms with van der Waals surface area (Å²) in [7, 11) is 1.59. The average Bonchev–Trinajstić information content (AvgIpc) is 3.03. The van der Waals surface area contributed by atoms with E-state index in [1.807, 2.05) is 48.7 Å². The smallest absolute Gasteiger partial charge is 0.255 e. The summed E-state index contributed by atoms with van der Waals surface area (Å²) in [4.78, 5) is 24.5. The summed E-state index contributed by atoms with van der Waals surface area (Å²) < 4.78 is 5.43. The number of ether oxygens (including phenoxy) is 1. The zero-order chi connectivity index (χ0) is 28.9. The number of carbonyl (C=O) groups excluding carboxylic acids is 1. The van der Waals surface area contributed by atoms with Crippen LogP contribution in [0.3, 0.4) is 0 Å². The summed E-state index contributed by atoms with van der Waals surface area (Å²) in [6.07, 6.45) is 11.5. The van der Waals surface area contributed by atoms with Gasteiger partial charge in [0.2, 0.25) is 6.19 Å². The van der Waals surface area contributed by atoms with Crippen molar-refractivity contribution in [1.29, 1.82) is 5.26 Å². The minimum atomic E-state index is -0.194. The molecule has 0 atom stereocenters. The molecule has 1 aromatic heterocycles. The van der Waals surface area contributed by atoms with Gasteiger partial charge in [0.05, 0.1) is 24.9 Å². The van der Waals surface area contributed by atoms with Gasteiger partial charge in [-0.2, -0.15) is 10.3 Å². The third-order valence-corrected chi connectivity index (χ3v) is 8.25. The number of unbranched alkanes of at least 4 members (excludes halogenated alkanes) is 2. The van der Waals surface area contributed by atoms with E-state index in [9.17, 15) is 10.1 Å². The topological polar surface area (TPSA) is 90.6 Å². The van der Waals surface area contributed by atoms with Gasteiger partial charge in [0.25, 0.3) is 5.91 Å². The number of nitrogens with zero attached hydrogens (tertiary/aromatic N) is 4. The quantitative estimate of drug-likeness (QED) is 0.118. The molecular formula is C34H41N5O2. The molecule has 0 saturated heterocycles. The number of hydrogen-bond donors (Lipinski definition) is 1.